The lowest BCUT2D eigenvalue weighted by Gasteiger charge is -2.17. The molecule has 2 aromatic rings. The minimum Gasteiger partial charge on any atom is -0.445 e. The standard InChI is InChI=1S/C18H18N2O4/c1-2-6-17(15-9-11-16(12-10-15)20(22)23)19-18(21)24-13-14-7-4-3-5-8-14/h2-5,7-12,17H,1,6,13H2,(H,19,21). The zero-order valence-electron chi connectivity index (χ0n) is 13.1. The van der Waals surface area contributed by atoms with E-state index in [1.165, 1.54) is 12.1 Å². The van der Waals surface area contributed by atoms with Crippen LogP contribution in [0.3, 0.4) is 0 Å². The number of nitrogens with one attached hydrogen (secondary N) is 1. The number of ether oxygens (including phenoxy) is 1. The first kappa shape index (κ1) is 17.2. The Balaban J connectivity index is 1.98. The van der Waals surface area contributed by atoms with Gasteiger partial charge < -0.3 is 10.1 Å². The Kier molecular flexibility index (Phi) is 6.08. The number of nitrogens with zero attached hydrogens (tertiary/aromatic N) is 1. The summed E-state index contributed by atoms with van der Waals surface area (Å²) in [4.78, 5) is 22.2. The predicted molar refractivity (Wildman–Crippen MR) is 90.4 cm³/mol. The number of nitro benzene ring substituents is 1. The third kappa shape index (κ3) is 4.95. The number of hydrogen-bond donors (Lipinski definition) is 1. The molecule has 0 spiro atoms. The number of hydrogen-bond acceptors (Lipinski definition) is 4. The van der Waals surface area contributed by atoms with E-state index in [-0.39, 0.29) is 18.3 Å². The van der Waals surface area contributed by atoms with Gasteiger partial charge in [0.1, 0.15) is 6.61 Å². The van der Waals surface area contributed by atoms with E-state index < -0.39 is 11.0 Å². The molecule has 0 heterocycles. The zero-order valence-corrected chi connectivity index (χ0v) is 13.1. The maximum absolute atomic E-state index is 12.0. The van der Waals surface area contributed by atoms with Crippen LogP contribution in [-0.4, -0.2) is 11.0 Å². The largest absolute Gasteiger partial charge is 0.445 e. The minimum atomic E-state index is -0.552. The second-order valence-electron chi connectivity index (χ2n) is 5.13. The van der Waals surface area contributed by atoms with Crippen LogP contribution in [0.15, 0.2) is 67.3 Å². The van der Waals surface area contributed by atoms with Crippen molar-refractivity contribution in [1.29, 1.82) is 0 Å². The van der Waals surface area contributed by atoms with Crippen molar-refractivity contribution in [2.24, 2.45) is 0 Å². The molecule has 0 aliphatic carbocycles. The average Bonchev–Trinajstić information content (AvgIpc) is 2.60. The summed E-state index contributed by atoms with van der Waals surface area (Å²) in [5.74, 6) is 0. The molecule has 1 unspecified atom stereocenters. The molecule has 24 heavy (non-hydrogen) atoms. The molecule has 0 aromatic heterocycles. The summed E-state index contributed by atoms with van der Waals surface area (Å²) in [6, 6.07) is 15.0. The van der Waals surface area contributed by atoms with E-state index in [9.17, 15) is 14.9 Å². The quantitative estimate of drug-likeness (QED) is 0.471. The number of carbonyl (C=O) groups excluding carboxylic acids is 1. The minimum absolute atomic E-state index is 0.00255. The Morgan fingerprint density at radius 3 is 2.46 bits per heavy atom. The third-order valence-electron chi connectivity index (χ3n) is 3.41. The van der Waals surface area contributed by atoms with Crippen molar-refractivity contribution in [3.8, 4) is 0 Å². The van der Waals surface area contributed by atoms with Gasteiger partial charge in [-0.25, -0.2) is 4.79 Å². The van der Waals surface area contributed by atoms with E-state index >= 15 is 0 Å². The van der Waals surface area contributed by atoms with Crippen molar-refractivity contribution >= 4 is 11.8 Å². The highest BCUT2D eigenvalue weighted by Crippen LogP contribution is 2.21. The average molecular weight is 326 g/mol. The smallest absolute Gasteiger partial charge is 0.407 e. The number of alkyl carbamates (subject to hydrolysis) is 1. The van der Waals surface area contributed by atoms with Crippen LogP contribution in [0.4, 0.5) is 10.5 Å². The fourth-order valence-corrected chi connectivity index (χ4v) is 2.18. The Labute approximate surface area is 139 Å². The number of nitro groups is 1. The van der Waals surface area contributed by atoms with Gasteiger partial charge in [-0.05, 0) is 17.5 Å². The van der Waals surface area contributed by atoms with Gasteiger partial charge in [0, 0.05) is 12.1 Å². The summed E-state index contributed by atoms with van der Waals surface area (Å²) >= 11 is 0. The molecule has 1 N–H and O–H groups in total. The van der Waals surface area contributed by atoms with Crippen molar-refractivity contribution < 1.29 is 14.5 Å². The Morgan fingerprint density at radius 2 is 1.88 bits per heavy atom. The van der Waals surface area contributed by atoms with Gasteiger partial charge in [0.2, 0.25) is 0 Å². The van der Waals surface area contributed by atoms with Crippen LogP contribution in [0.5, 0.6) is 0 Å². The summed E-state index contributed by atoms with van der Waals surface area (Å²) in [7, 11) is 0. The van der Waals surface area contributed by atoms with Gasteiger partial charge in [-0.15, -0.1) is 6.58 Å². The van der Waals surface area contributed by atoms with Gasteiger partial charge in [-0.1, -0.05) is 48.5 Å². The highest BCUT2D eigenvalue weighted by molar-refractivity contribution is 5.68. The van der Waals surface area contributed by atoms with E-state index in [1.54, 1.807) is 18.2 Å². The van der Waals surface area contributed by atoms with Crippen LogP contribution >= 0.6 is 0 Å². The second kappa shape index (κ2) is 8.47. The highest BCUT2D eigenvalue weighted by atomic mass is 16.6. The molecule has 124 valence electrons. The number of benzene rings is 2. The van der Waals surface area contributed by atoms with Crippen molar-refractivity contribution in [2.75, 3.05) is 0 Å². The summed E-state index contributed by atoms with van der Waals surface area (Å²) in [6.45, 7) is 3.85. The number of rotatable bonds is 7. The van der Waals surface area contributed by atoms with Gasteiger partial charge in [0.25, 0.3) is 5.69 Å². The molecule has 0 bridgehead atoms. The molecule has 2 aromatic carbocycles. The summed E-state index contributed by atoms with van der Waals surface area (Å²) < 4.78 is 5.20. The van der Waals surface area contributed by atoms with Crippen LogP contribution < -0.4 is 5.32 Å². The Bertz CT molecular complexity index is 699. The van der Waals surface area contributed by atoms with Crippen molar-refractivity contribution in [1.82, 2.24) is 5.32 Å². The van der Waals surface area contributed by atoms with E-state index in [4.69, 9.17) is 4.74 Å². The predicted octanol–water partition coefficient (Wildman–Crippen LogP) is 4.14. The van der Waals surface area contributed by atoms with Crippen LogP contribution in [0, 0.1) is 10.1 Å². The van der Waals surface area contributed by atoms with Crippen molar-refractivity contribution in [3.05, 3.63) is 88.5 Å². The molecule has 1 amide bonds. The van der Waals surface area contributed by atoms with Crippen molar-refractivity contribution in [3.63, 3.8) is 0 Å². The Hall–Kier alpha value is -3.15. The summed E-state index contributed by atoms with van der Waals surface area (Å²) in [6.07, 6.45) is 1.60. The summed E-state index contributed by atoms with van der Waals surface area (Å²) in [5.41, 5.74) is 1.64. The molecule has 6 nitrogen and oxygen atoms in total. The van der Waals surface area contributed by atoms with Crippen LogP contribution in [0.25, 0.3) is 0 Å². The molecule has 0 saturated carbocycles. The van der Waals surface area contributed by atoms with Crippen LogP contribution in [0.1, 0.15) is 23.6 Å². The molecule has 0 radical (unpaired) electrons. The van der Waals surface area contributed by atoms with E-state index in [2.05, 4.69) is 11.9 Å². The molecule has 0 saturated heterocycles. The topological polar surface area (TPSA) is 81.5 Å². The maximum atomic E-state index is 12.0. The monoisotopic (exact) mass is 326 g/mol. The fourth-order valence-electron chi connectivity index (χ4n) is 2.18. The summed E-state index contributed by atoms with van der Waals surface area (Å²) in [5, 5.41) is 13.5. The van der Waals surface area contributed by atoms with Gasteiger partial charge in [-0.2, -0.15) is 0 Å². The molecule has 6 heteroatoms. The first-order valence-corrected chi connectivity index (χ1v) is 7.42. The molecular formula is C18H18N2O4. The van der Waals surface area contributed by atoms with E-state index in [0.717, 1.165) is 11.1 Å². The Morgan fingerprint density at radius 1 is 1.21 bits per heavy atom. The lowest BCUT2D eigenvalue weighted by atomic mass is 10.0. The van der Waals surface area contributed by atoms with Gasteiger partial charge in [0.15, 0.2) is 0 Å². The van der Waals surface area contributed by atoms with Gasteiger partial charge in [0.05, 0.1) is 11.0 Å². The normalized spacial score (nSPS) is 11.3. The second-order valence-corrected chi connectivity index (χ2v) is 5.13. The first-order valence-electron chi connectivity index (χ1n) is 7.42. The van der Waals surface area contributed by atoms with Gasteiger partial charge >= 0.3 is 6.09 Å². The lowest BCUT2D eigenvalue weighted by molar-refractivity contribution is -0.384. The highest BCUT2D eigenvalue weighted by Gasteiger charge is 2.15. The van der Waals surface area contributed by atoms with Gasteiger partial charge in [-0.3, -0.25) is 10.1 Å². The molecule has 0 fully saturated rings. The lowest BCUT2D eigenvalue weighted by Crippen LogP contribution is -2.28. The molecule has 1 atom stereocenters. The SMILES string of the molecule is C=CCC(NC(=O)OCc1ccccc1)c1ccc([N+](=O)[O-])cc1. The number of non-ortho nitro benzene ring substituents is 1. The zero-order chi connectivity index (χ0) is 17.4. The number of amides is 1. The fraction of sp³-hybridized carbons (Fsp3) is 0.167. The molecule has 2 rings (SSSR count). The van der Waals surface area contributed by atoms with Crippen molar-refractivity contribution in [2.45, 2.75) is 19.1 Å². The molecule has 0 aliphatic rings. The first-order chi connectivity index (χ1) is 11.6. The van der Waals surface area contributed by atoms with Crippen LogP contribution in [-0.2, 0) is 11.3 Å². The van der Waals surface area contributed by atoms with E-state index in [1.807, 2.05) is 30.3 Å². The molecule has 0 aliphatic heterocycles. The van der Waals surface area contributed by atoms with Crippen LogP contribution in [0.2, 0.25) is 0 Å². The maximum Gasteiger partial charge on any atom is 0.407 e. The third-order valence-corrected chi connectivity index (χ3v) is 3.41. The molecular weight excluding hydrogens is 308 g/mol. The van der Waals surface area contributed by atoms with E-state index in [0.29, 0.717) is 6.42 Å². The number of carbonyl (C=O) groups is 1.